The maximum absolute atomic E-state index is 13.6. The molecule has 1 fully saturated rings. The Morgan fingerprint density at radius 2 is 1.75 bits per heavy atom. The van der Waals surface area contributed by atoms with Crippen LogP contribution in [0.4, 0.5) is 14.5 Å². The molecule has 0 unspecified atom stereocenters. The highest BCUT2D eigenvalue weighted by molar-refractivity contribution is 8.27. The first-order chi connectivity index (χ1) is 11.5. The number of thioether (sulfide) groups is 1. The van der Waals surface area contributed by atoms with Gasteiger partial charge in [0.2, 0.25) is 0 Å². The van der Waals surface area contributed by atoms with Crippen LogP contribution in [-0.2, 0) is 11.4 Å². The number of amides is 1. The molecular weight excluding hydrogens is 352 g/mol. The van der Waals surface area contributed by atoms with Gasteiger partial charge in [0, 0.05) is 0 Å². The monoisotopic (exact) mass is 363 g/mol. The third-order valence-corrected chi connectivity index (χ3v) is 4.59. The molecule has 0 radical (unpaired) electrons. The van der Waals surface area contributed by atoms with Crippen molar-refractivity contribution in [3.05, 3.63) is 71.1 Å². The molecule has 1 aliphatic rings. The molecule has 24 heavy (non-hydrogen) atoms. The zero-order chi connectivity index (χ0) is 17.3. The van der Waals surface area contributed by atoms with E-state index in [0.717, 1.165) is 11.8 Å². The maximum atomic E-state index is 13.6. The molecule has 122 valence electrons. The van der Waals surface area contributed by atoms with Gasteiger partial charge in [-0.05, 0) is 36.4 Å². The predicted octanol–water partition coefficient (Wildman–Crippen LogP) is 4.42. The summed E-state index contributed by atoms with van der Waals surface area (Å²) < 4.78 is 32.9. The van der Waals surface area contributed by atoms with E-state index in [1.54, 1.807) is 24.3 Å². The van der Waals surface area contributed by atoms with E-state index < -0.39 is 11.6 Å². The molecular formula is C17H11F2NO2S2. The average Bonchev–Trinajstić information content (AvgIpc) is 2.80. The van der Waals surface area contributed by atoms with Crippen LogP contribution in [0.2, 0.25) is 0 Å². The molecule has 2 aromatic carbocycles. The summed E-state index contributed by atoms with van der Waals surface area (Å²) in [5.41, 5.74) is 0.450. The number of halogens is 2. The molecule has 1 aliphatic heterocycles. The van der Waals surface area contributed by atoms with Crippen molar-refractivity contribution in [2.75, 3.05) is 4.90 Å². The highest BCUT2D eigenvalue weighted by atomic mass is 32.2. The van der Waals surface area contributed by atoms with E-state index >= 15 is 0 Å². The number of ether oxygens (including phenoxy) is 1. The van der Waals surface area contributed by atoms with Crippen molar-refractivity contribution < 1.29 is 18.3 Å². The Labute approximate surface area is 146 Å². The number of thiocarbonyl (C=S) groups is 1. The summed E-state index contributed by atoms with van der Waals surface area (Å²) in [4.78, 5) is 13.7. The Kier molecular flexibility index (Phi) is 4.64. The molecule has 0 N–H and O–H groups in total. The van der Waals surface area contributed by atoms with E-state index in [4.69, 9.17) is 17.0 Å². The van der Waals surface area contributed by atoms with Crippen molar-refractivity contribution in [2.24, 2.45) is 0 Å². The number of rotatable bonds is 4. The van der Waals surface area contributed by atoms with E-state index in [9.17, 15) is 13.6 Å². The Morgan fingerprint density at radius 3 is 2.29 bits per heavy atom. The lowest BCUT2D eigenvalue weighted by Gasteiger charge is -2.15. The second kappa shape index (κ2) is 6.70. The number of benzene rings is 2. The van der Waals surface area contributed by atoms with Gasteiger partial charge in [0.25, 0.3) is 5.91 Å². The van der Waals surface area contributed by atoms with Crippen LogP contribution in [-0.4, -0.2) is 10.2 Å². The van der Waals surface area contributed by atoms with Crippen molar-refractivity contribution >= 4 is 39.9 Å². The SMILES string of the molecule is C=C1SC(=S)N(c2ccc(OCc3c(F)cccc3F)cc2)C1=O. The molecule has 3 nitrogen and oxygen atoms in total. The molecule has 0 aliphatic carbocycles. The molecule has 1 heterocycles. The lowest BCUT2D eigenvalue weighted by Crippen LogP contribution is -2.27. The first-order valence-electron chi connectivity index (χ1n) is 6.88. The first-order valence-corrected chi connectivity index (χ1v) is 8.11. The fourth-order valence-corrected chi connectivity index (χ4v) is 3.30. The minimum Gasteiger partial charge on any atom is -0.489 e. The van der Waals surface area contributed by atoms with Crippen LogP contribution < -0.4 is 9.64 Å². The quantitative estimate of drug-likeness (QED) is 0.594. The van der Waals surface area contributed by atoms with Crippen molar-refractivity contribution in [3.63, 3.8) is 0 Å². The molecule has 2 aromatic rings. The molecule has 0 aromatic heterocycles. The van der Waals surface area contributed by atoms with Crippen molar-refractivity contribution in [1.82, 2.24) is 0 Å². The molecule has 0 spiro atoms. The second-order valence-electron chi connectivity index (χ2n) is 4.91. The summed E-state index contributed by atoms with van der Waals surface area (Å²) in [6.07, 6.45) is 0. The second-order valence-corrected chi connectivity index (χ2v) is 6.64. The standard InChI is InChI=1S/C17H11F2NO2S2/c1-10-16(21)20(17(23)24-10)11-5-7-12(8-6-11)22-9-13-14(18)3-2-4-15(13)19/h2-8H,1,9H2. The first kappa shape index (κ1) is 16.6. The van der Waals surface area contributed by atoms with E-state index in [1.807, 2.05) is 0 Å². The van der Waals surface area contributed by atoms with E-state index in [2.05, 4.69) is 6.58 Å². The van der Waals surface area contributed by atoms with Gasteiger partial charge < -0.3 is 4.74 Å². The third-order valence-electron chi connectivity index (χ3n) is 3.37. The smallest absolute Gasteiger partial charge is 0.270 e. The van der Waals surface area contributed by atoms with E-state index in [-0.39, 0.29) is 18.1 Å². The summed E-state index contributed by atoms with van der Waals surface area (Å²) in [5, 5.41) is 0. The van der Waals surface area contributed by atoms with Crippen molar-refractivity contribution in [3.8, 4) is 5.75 Å². The summed E-state index contributed by atoms with van der Waals surface area (Å²) in [7, 11) is 0. The van der Waals surface area contributed by atoms with Crippen LogP contribution in [0, 0.1) is 11.6 Å². The fraction of sp³-hybridized carbons (Fsp3) is 0.0588. The number of carbonyl (C=O) groups is 1. The number of nitrogens with zero attached hydrogens (tertiary/aromatic N) is 1. The van der Waals surface area contributed by atoms with Crippen LogP contribution in [0.15, 0.2) is 53.9 Å². The van der Waals surface area contributed by atoms with Gasteiger partial charge in [0.15, 0.2) is 4.32 Å². The largest absolute Gasteiger partial charge is 0.489 e. The molecule has 0 atom stereocenters. The molecule has 1 saturated heterocycles. The highest BCUT2D eigenvalue weighted by Gasteiger charge is 2.31. The molecule has 3 rings (SSSR count). The van der Waals surface area contributed by atoms with Gasteiger partial charge in [-0.2, -0.15) is 0 Å². The van der Waals surface area contributed by atoms with Crippen LogP contribution in [0.3, 0.4) is 0 Å². The minimum absolute atomic E-state index is 0.134. The third kappa shape index (κ3) is 3.18. The number of hydrogen-bond donors (Lipinski definition) is 0. The Hall–Kier alpha value is -2.25. The number of hydrogen-bond acceptors (Lipinski definition) is 4. The molecule has 0 bridgehead atoms. The highest BCUT2D eigenvalue weighted by Crippen LogP contribution is 2.34. The topological polar surface area (TPSA) is 29.5 Å². The zero-order valence-electron chi connectivity index (χ0n) is 12.3. The summed E-state index contributed by atoms with van der Waals surface area (Å²) in [6.45, 7) is 3.42. The summed E-state index contributed by atoms with van der Waals surface area (Å²) in [6, 6.07) is 10.2. The van der Waals surface area contributed by atoms with Gasteiger partial charge in [-0.25, -0.2) is 8.78 Å². The minimum atomic E-state index is -0.657. The zero-order valence-corrected chi connectivity index (χ0v) is 13.9. The Bertz CT molecular complexity index is 817. The average molecular weight is 363 g/mol. The van der Waals surface area contributed by atoms with E-state index in [1.165, 1.54) is 23.1 Å². The van der Waals surface area contributed by atoms with E-state index in [0.29, 0.717) is 20.7 Å². The Morgan fingerprint density at radius 1 is 1.12 bits per heavy atom. The van der Waals surface area contributed by atoms with Gasteiger partial charge >= 0.3 is 0 Å². The molecule has 7 heteroatoms. The van der Waals surface area contributed by atoms with Crippen LogP contribution in [0.5, 0.6) is 5.75 Å². The summed E-state index contributed by atoms with van der Waals surface area (Å²) in [5.74, 6) is -1.15. The fourth-order valence-electron chi connectivity index (χ4n) is 2.14. The normalized spacial score (nSPS) is 14.4. The lowest BCUT2D eigenvalue weighted by atomic mass is 10.2. The number of anilines is 1. The van der Waals surface area contributed by atoms with Gasteiger partial charge in [0.1, 0.15) is 24.0 Å². The van der Waals surface area contributed by atoms with Gasteiger partial charge in [-0.3, -0.25) is 9.69 Å². The van der Waals surface area contributed by atoms with Crippen LogP contribution >= 0.6 is 24.0 Å². The molecule has 0 saturated carbocycles. The maximum Gasteiger partial charge on any atom is 0.270 e. The van der Waals surface area contributed by atoms with Crippen molar-refractivity contribution in [2.45, 2.75) is 6.61 Å². The van der Waals surface area contributed by atoms with Gasteiger partial charge in [-0.1, -0.05) is 36.6 Å². The predicted molar refractivity (Wildman–Crippen MR) is 93.9 cm³/mol. The van der Waals surface area contributed by atoms with Crippen LogP contribution in [0.1, 0.15) is 5.56 Å². The summed E-state index contributed by atoms with van der Waals surface area (Å²) >= 11 is 6.29. The van der Waals surface area contributed by atoms with Crippen LogP contribution in [0.25, 0.3) is 0 Å². The molecule has 1 amide bonds. The van der Waals surface area contributed by atoms with Crippen molar-refractivity contribution in [1.29, 1.82) is 0 Å². The van der Waals surface area contributed by atoms with Gasteiger partial charge in [-0.15, -0.1) is 0 Å². The lowest BCUT2D eigenvalue weighted by molar-refractivity contribution is -0.113. The Balaban J connectivity index is 1.73. The number of carbonyl (C=O) groups excluding carboxylic acids is 1. The van der Waals surface area contributed by atoms with Gasteiger partial charge in [0.05, 0.1) is 16.2 Å².